The zero-order chi connectivity index (χ0) is 20.1. The van der Waals surface area contributed by atoms with Gasteiger partial charge in [0.05, 0.1) is 18.0 Å². The molecule has 0 aliphatic carbocycles. The van der Waals surface area contributed by atoms with E-state index in [4.69, 9.17) is 9.84 Å². The van der Waals surface area contributed by atoms with E-state index in [-0.39, 0.29) is 24.3 Å². The number of phenols is 1. The normalized spacial score (nSPS) is 11.2. The summed E-state index contributed by atoms with van der Waals surface area (Å²) >= 11 is 0. The average Bonchev–Trinajstić information content (AvgIpc) is 2.69. The number of ether oxygens (including phenoxy) is 1. The van der Waals surface area contributed by atoms with Crippen molar-refractivity contribution in [1.82, 2.24) is 9.55 Å². The van der Waals surface area contributed by atoms with E-state index in [2.05, 4.69) is 4.98 Å². The van der Waals surface area contributed by atoms with Gasteiger partial charge in [0, 0.05) is 13.0 Å². The molecule has 0 atom stereocenters. The monoisotopic (exact) mass is 380 g/mol. The summed E-state index contributed by atoms with van der Waals surface area (Å²) in [7, 11) is 1.47. The van der Waals surface area contributed by atoms with Crippen LogP contribution in [0.5, 0.6) is 11.5 Å². The van der Waals surface area contributed by atoms with Crippen molar-refractivity contribution < 1.29 is 19.7 Å². The lowest BCUT2D eigenvalue weighted by Gasteiger charge is -2.11. The first-order chi connectivity index (χ1) is 13.5. The number of benzene rings is 2. The molecule has 0 spiro atoms. The highest BCUT2D eigenvalue weighted by molar-refractivity contribution is 5.79. The maximum absolute atomic E-state index is 12.9. The molecule has 3 aromatic rings. The van der Waals surface area contributed by atoms with Crippen molar-refractivity contribution in [3.8, 4) is 11.5 Å². The third-order valence-corrected chi connectivity index (χ3v) is 4.29. The molecule has 1 heterocycles. The molecule has 2 aromatic carbocycles. The Bertz CT molecular complexity index is 1100. The predicted molar refractivity (Wildman–Crippen MR) is 106 cm³/mol. The van der Waals surface area contributed by atoms with Gasteiger partial charge in [-0.15, -0.1) is 0 Å². The molecule has 0 unspecified atom stereocenters. The molecule has 0 saturated carbocycles. The van der Waals surface area contributed by atoms with E-state index >= 15 is 0 Å². The van der Waals surface area contributed by atoms with Gasteiger partial charge in [0.25, 0.3) is 5.56 Å². The van der Waals surface area contributed by atoms with Crippen LogP contribution in [0.25, 0.3) is 23.1 Å². The summed E-state index contributed by atoms with van der Waals surface area (Å²) in [5.41, 5.74) is 1.12. The van der Waals surface area contributed by atoms with Crippen LogP contribution in [-0.4, -0.2) is 32.8 Å². The Balaban J connectivity index is 2.02. The second-order valence-electron chi connectivity index (χ2n) is 6.21. The number of carboxylic acids is 1. The Labute approximate surface area is 161 Å². The van der Waals surface area contributed by atoms with Gasteiger partial charge in [-0.1, -0.05) is 24.3 Å². The van der Waals surface area contributed by atoms with Crippen molar-refractivity contribution in [2.75, 3.05) is 7.11 Å². The molecule has 3 rings (SSSR count). The van der Waals surface area contributed by atoms with Gasteiger partial charge < -0.3 is 14.9 Å². The maximum atomic E-state index is 12.9. The van der Waals surface area contributed by atoms with E-state index in [1.807, 2.05) is 6.07 Å². The molecule has 1 aromatic heterocycles. The van der Waals surface area contributed by atoms with Crippen LogP contribution in [0.15, 0.2) is 47.3 Å². The summed E-state index contributed by atoms with van der Waals surface area (Å²) < 4.78 is 6.59. The van der Waals surface area contributed by atoms with Gasteiger partial charge in [0.2, 0.25) is 0 Å². The SMILES string of the molecule is COc1cc(C=Cc2nc3ccccc3c(=O)n2CCCC(=O)O)ccc1O. The molecular weight excluding hydrogens is 360 g/mol. The Morgan fingerprint density at radius 2 is 2.00 bits per heavy atom. The molecule has 28 heavy (non-hydrogen) atoms. The molecule has 0 aliphatic rings. The number of fused-ring (bicyclic) bond motifs is 1. The van der Waals surface area contributed by atoms with Crippen LogP contribution < -0.4 is 10.3 Å². The first-order valence-corrected chi connectivity index (χ1v) is 8.76. The minimum atomic E-state index is -0.907. The van der Waals surface area contributed by atoms with E-state index in [1.54, 1.807) is 42.5 Å². The van der Waals surface area contributed by atoms with Crippen LogP contribution in [0.1, 0.15) is 24.2 Å². The fourth-order valence-corrected chi connectivity index (χ4v) is 2.89. The molecule has 7 nitrogen and oxygen atoms in total. The Morgan fingerprint density at radius 3 is 2.75 bits per heavy atom. The molecule has 0 bridgehead atoms. The predicted octanol–water partition coefficient (Wildman–Crippen LogP) is 3.15. The molecule has 0 fully saturated rings. The second-order valence-corrected chi connectivity index (χ2v) is 6.21. The van der Waals surface area contributed by atoms with Crippen LogP contribution in [0.3, 0.4) is 0 Å². The lowest BCUT2D eigenvalue weighted by Crippen LogP contribution is -2.24. The zero-order valence-corrected chi connectivity index (χ0v) is 15.3. The fourth-order valence-electron chi connectivity index (χ4n) is 2.89. The number of aliphatic carboxylic acids is 1. The number of hydrogen-bond acceptors (Lipinski definition) is 5. The Hall–Kier alpha value is -3.61. The third-order valence-electron chi connectivity index (χ3n) is 4.29. The number of hydrogen-bond donors (Lipinski definition) is 2. The van der Waals surface area contributed by atoms with Crippen LogP contribution in [-0.2, 0) is 11.3 Å². The van der Waals surface area contributed by atoms with Crippen LogP contribution >= 0.6 is 0 Å². The number of rotatable bonds is 7. The van der Waals surface area contributed by atoms with Gasteiger partial charge >= 0.3 is 5.97 Å². The number of aromatic nitrogens is 2. The lowest BCUT2D eigenvalue weighted by atomic mass is 10.1. The maximum Gasteiger partial charge on any atom is 0.303 e. The lowest BCUT2D eigenvalue weighted by molar-refractivity contribution is -0.137. The van der Waals surface area contributed by atoms with Crippen molar-refractivity contribution in [3.05, 3.63) is 64.2 Å². The van der Waals surface area contributed by atoms with Crippen molar-refractivity contribution in [3.63, 3.8) is 0 Å². The third kappa shape index (κ3) is 4.20. The molecule has 7 heteroatoms. The van der Waals surface area contributed by atoms with Crippen LogP contribution in [0, 0.1) is 0 Å². The summed E-state index contributed by atoms with van der Waals surface area (Å²) in [4.78, 5) is 28.2. The fraction of sp³-hybridized carbons (Fsp3) is 0.190. The summed E-state index contributed by atoms with van der Waals surface area (Å²) in [6, 6.07) is 11.9. The quantitative estimate of drug-likeness (QED) is 0.653. The van der Waals surface area contributed by atoms with E-state index in [9.17, 15) is 14.7 Å². The molecule has 0 radical (unpaired) electrons. The summed E-state index contributed by atoms with van der Waals surface area (Å²) in [6.45, 7) is 0.252. The smallest absolute Gasteiger partial charge is 0.303 e. The van der Waals surface area contributed by atoms with E-state index < -0.39 is 5.97 Å². The van der Waals surface area contributed by atoms with Crippen molar-refractivity contribution >= 4 is 29.0 Å². The average molecular weight is 380 g/mol. The topological polar surface area (TPSA) is 102 Å². The number of carbonyl (C=O) groups is 1. The van der Waals surface area contributed by atoms with Gasteiger partial charge in [0.15, 0.2) is 11.5 Å². The van der Waals surface area contributed by atoms with Crippen LogP contribution in [0.2, 0.25) is 0 Å². The summed E-state index contributed by atoms with van der Waals surface area (Å²) in [5.74, 6) is -0.0993. The van der Waals surface area contributed by atoms with Gasteiger partial charge in [-0.25, -0.2) is 4.98 Å². The molecular formula is C21H20N2O5. The highest BCUT2D eigenvalue weighted by Crippen LogP contribution is 2.27. The Kier molecular flexibility index (Phi) is 5.74. The highest BCUT2D eigenvalue weighted by atomic mass is 16.5. The van der Waals surface area contributed by atoms with E-state index in [0.29, 0.717) is 28.9 Å². The van der Waals surface area contributed by atoms with Gasteiger partial charge in [-0.3, -0.25) is 14.2 Å². The van der Waals surface area contributed by atoms with Crippen molar-refractivity contribution in [2.45, 2.75) is 19.4 Å². The highest BCUT2D eigenvalue weighted by Gasteiger charge is 2.10. The number of para-hydroxylation sites is 1. The second kappa shape index (κ2) is 8.39. The number of phenolic OH excluding ortho intramolecular Hbond substituents is 1. The minimum absolute atomic E-state index is 0.0302. The largest absolute Gasteiger partial charge is 0.504 e. The van der Waals surface area contributed by atoms with Gasteiger partial charge in [0.1, 0.15) is 5.82 Å². The number of carboxylic acid groups (broad SMARTS) is 1. The van der Waals surface area contributed by atoms with Crippen molar-refractivity contribution in [2.24, 2.45) is 0 Å². The van der Waals surface area contributed by atoms with Gasteiger partial charge in [-0.2, -0.15) is 0 Å². The first-order valence-electron chi connectivity index (χ1n) is 8.76. The number of nitrogens with zero attached hydrogens (tertiary/aromatic N) is 2. The molecule has 2 N–H and O–H groups in total. The van der Waals surface area contributed by atoms with E-state index in [0.717, 1.165) is 5.56 Å². The molecule has 0 amide bonds. The standard InChI is InChI=1S/C21H20N2O5/c1-28-18-13-14(8-10-17(18)24)9-11-19-22-16-6-3-2-5-15(16)21(27)23(19)12-4-7-20(25)26/h2-3,5-6,8-11,13,24H,4,7,12H2,1H3,(H,25,26). The zero-order valence-electron chi connectivity index (χ0n) is 15.3. The van der Waals surface area contributed by atoms with Crippen LogP contribution in [0.4, 0.5) is 0 Å². The first kappa shape index (κ1) is 19.2. The van der Waals surface area contributed by atoms with Gasteiger partial charge in [-0.05, 0) is 42.3 Å². The number of aromatic hydroxyl groups is 1. The molecule has 0 saturated heterocycles. The molecule has 144 valence electrons. The minimum Gasteiger partial charge on any atom is -0.504 e. The number of methoxy groups -OCH3 is 1. The summed E-state index contributed by atoms with van der Waals surface area (Å²) in [6.07, 6.45) is 3.74. The van der Waals surface area contributed by atoms with Crippen molar-refractivity contribution in [1.29, 1.82) is 0 Å². The summed E-state index contributed by atoms with van der Waals surface area (Å²) in [5, 5.41) is 19.1. The Morgan fingerprint density at radius 1 is 1.21 bits per heavy atom. The molecule has 0 aliphatic heterocycles. The van der Waals surface area contributed by atoms with E-state index in [1.165, 1.54) is 17.7 Å².